The van der Waals surface area contributed by atoms with Gasteiger partial charge < -0.3 is 15.0 Å². The lowest BCUT2D eigenvalue weighted by Gasteiger charge is -2.24. The van der Waals surface area contributed by atoms with Crippen LogP contribution in [0.1, 0.15) is 13.3 Å². The van der Waals surface area contributed by atoms with Crippen LogP contribution in [0.4, 0.5) is 5.82 Å². The second-order valence-corrected chi connectivity index (χ2v) is 3.14. The molecule has 1 unspecified atom stereocenters. The van der Waals surface area contributed by atoms with Gasteiger partial charge in [-0.3, -0.25) is 4.79 Å². The lowest BCUT2D eigenvalue weighted by atomic mass is 10.2. The minimum Gasteiger partial charge on any atom is -0.480 e. The molecular weight excluding hydrogens is 198 g/mol. The van der Waals surface area contributed by atoms with E-state index >= 15 is 0 Å². The molecule has 0 aliphatic carbocycles. The minimum atomic E-state index is -0.929. The molecule has 1 aromatic rings. The summed E-state index contributed by atoms with van der Waals surface area (Å²) in [6, 6.07) is 0.602. The van der Waals surface area contributed by atoms with Gasteiger partial charge in [-0.15, -0.1) is 0 Å². The van der Waals surface area contributed by atoms with Crippen molar-refractivity contribution in [1.29, 1.82) is 0 Å². The number of nitrogens with one attached hydrogen (secondary N) is 1. The molecule has 1 atom stereocenters. The van der Waals surface area contributed by atoms with Crippen LogP contribution in [0, 0.1) is 0 Å². The van der Waals surface area contributed by atoms with Crippen molar-refractivity contribution in [3.8, 4) is 0 Å². The standard InChI is InChI=1S/C9H13N3O3/c1-3-6(9(14)15)12(2)7-4-8(13)11-5-10-7/h4-6H,3H2,1-2H3,(H,14,15)(H,10,11,13). The maximum Gasteiger partial charge on any atom is 0.326 e. The Balaban J connectivity index is 2.97. The summed E-state index contributed by atoms with van der Waals surface area (Å²) in [5.74, 6) is -0.574. The maximum atomic E-state index is 11.0. The molecular formula is C9H13N3O3. The third-order valence-corrected chi connectivity index (χ3v) is 2.16. The van der Waals surface area contributed by atoms with Gasteiger partial charge in [-0.05, 0) is 6.42 Å². The molecule has 0 spiro atoms. The number of nitrogens with zero attached hydrogens (tertiary/aromatic N) is 2. The van der Waals surface area contributed by atoms with E-state index in [0.717, 1.165) is 0 Å². The monoisotopic (exact) mass is 211 g/mol. The number of aromatic amines is 1. The molecule has 0 aliphatic heterocycles. The van der Waals surface area contributed by atoms with E-state index < -0.39 is 12.0 Å². The second-order valence-electron chi connectivity index (χ2n) is 3.14. The van der Waals surface area contributed by atoms with Gasteiger partial charge in [-0.25, -0.2) is 9.78 Å². The van der Waals surface area contributed by atoms with E-state index in [1.807, 2.05) is 0 Å². The SMILES string of the molecule is CCC(C(=O)O)N(C)c1cc(=O)[nH]cn1. The number of carboxylic acids is 1. The molecule has 15 heavy (non-hydrogen) atoms. The fourth-order valence-electron chi connectivity index (χ4n) is 1.32. The van der Waals surface area contributed by atoms with Crippen LogP contribution in [0.5, 0.6) is 0 Å². The van der Waals surface area contributed by atoms with Crippen molar-refractivity contribution in [2.24, 2.45) is 0 Å². The molecule has 6 heteroatoms. The van der Waals surface area contributed by atoms with E-state index in [9.17, 15) is 9.59 Å². The van der Waals surface area contributed by atoms with Gasteiger partial charge in [-0.2, -0.15) is 0 Å². The summed E-state index contributed by atoms with van der Waals surface area (Å²) in [7, 11) is 1.60. The first-order valence-corrected chi connectivity index (χ1v) is 4.56. The highest BCUT2D eigenvalue weighted by Crippen LogP contribution is 2.10. The smallest absolute Gasteiger partial charge is 0.326 e. The summed E-state index contributed by atoms with van der Waals surface area (Å²) in [6.45, 7) is 1.77. The Morgan fingerprint density at radius 1 is 1.73 bits per heavy atom. The molecule has 2 N–H and O–H groups in total. The molecule has 0 radical (unpaired) electrons. The molecule has 1 aromatic heterocycles. The number of H-pyrrole nitrogens is 1. The zero-order valence-corrected chi connectivity index (χ0v) is 8.60. The van der Waals surface area contributed by atoms with E-state index in [1.54, 1.807) is 14.0 Å². The predicted octanol–water partition coefficient (Wildman–Crippen LogP) is 0.0693. The molecule has 82 valence electrons. The Labute approximate surface area is 86.6 Å². The van der Waals surface area contributed by atoms with Crippen molar-refractivity contribution in [1.82, 2.24) is 9.97 Å². The molecule has 0 fully saturated rings. The van der Waals surface area contributed by atoms with Gasteiger partial charge in [0.2, 0.25) is 0 Å². The van der Waals surface area contributed by atoms with Gasteiger partial charge in [-0.1, -0.05) is 6.92 Å². The van der Waals surface area contributed by atoms with Crippen LogP contribution in [0.2, 0.25) is 0 Å². The zero-order chi connectivity index (χ0) is 11.4. The van der Waals surface area contributed by atoms with E-state index in [0.29, 0.717) is 12.2 Å². The van der Waals surface area contributed by atoms with E-state index in [4.69, 9.17) is 5.11 Å². The molecule has 0 aromatic carbocycles. The van der Waals surface area contributed by atoms with Gasteiger partial charge in [0.15, 0.2) is 0 Å². The zero-order valence-electron chi connectivity index (χ0n) is 8.60. The van der Waals surface area contributed by atoms with Gasteiger partial charge in [0, 0.05) is 13.1 Å². The lowest BCUT2D eigenvalue weighted by Crippen LogP contribution is -2.38. The van der Waals surface area contributed by atoms with Crippen LogP contribution in [-0.4, -0.2) is 34.1 Å². The highest BCUT2D eigenvalue weighted by Gasteiger charge is 2.21. The lowest BCUT2D eigenvalue weighted by molar-refractivity contribution is -0.138. The van der Waals surface area contributed by atoms with E-state index in [2.05, 4.69) is 9.97 Å². The quantitative estimate of drug-likeness (QED) is 0.736. The molecule has 1 rings (SSSR count). The largest absolute Gasteiger partial charge is 0.480 e. The molecule has 0 bridgehead atoms. The highest BCUT2D eigenvalue weighted by molar-refractivity contribution is 5.77. The van der Waals surface area contributed by atoms with Gasteiger partial charge in [0.1, 0.15) is 11.9 Å². The summed E-state index contributed by atoms with van der Waals surface area (Å²) in [5, 5.41) is 8.92. The Hall–Kier alpha value is -1.85. The van der Waals surface area contributed by atoms with Crippen LogP contribution < -0.4 is 10.5 Å². The fraction of sp³-hybridized carbons (Fsp3) is 0.444. The van der Waals surface area contributed by atoms with E-state index in [1.165, 1.54) is 17.3 Å². The van der Waals surface area contributed by atoms with Crippen LogP contribution in [0.25, 0.3) is 0 Å². The number of aliphatic carboxylic acids is 1. The number of likely N-dealkylation sites (N-methyl/N-ethyl adjacent to an activating group) is 1. The molecule has 0 amide bonds. The first-order valence-electron chi connectivity index (χ1n) is 4.56. The minimum absolute atomic E-state index is 0.299. The number of carbonyl (C=O) groups is 1. The van der Waals surface area contributed by atoms with Gasteiger partial charge in [0.05, 0.1) is 6.33 Å². The topological polar surface area (TPSA) is 86.3 Å². The average molecular weight is 211 g/mol. The fourth-order valence-corrected chi connectivity index (χ4v) is 1.32. The number of rotatable bonds is 4. The van der Waals surface area contributed by atoms with Crippen molar-refractivity contribution < 1.29 is 9.90 Å². The van der Waals surface area contributed by atoms with Crippen molar-refractivity contribution in [3.05, 3.63) is 22.7 Å². The van der Waals surface area contributed by atoms with Crippen molar-refractivity contribution in [3.63, 3.8) is 0 Å². The van der Waals surface area contributed by atoms with Crippen molar-refractivity contribution in [2.75, 3.05) is 11.9 Å². The van der Waals surface area contributed by atoms with Crippen LogP contribution in [-0.2, 0) is 4.79 Å². The number of anilines is 1. The summed E-state index contributed by atoms with van der Waals surface area (Å²) >= 11 is 0. The van der Waals surface area contributed by atoms with Crippen LogP contribution >= 0.6 is 0 Å². The first-order chi connectivity index (χ1) is 7.06. The highest BCUT2D eigenvalue weighted by atomic mass is 16.4. The molecule has 0 aliphatic rings. The number of aromatic nitrogens is 2. The molecule has 0 saturated heterocycles. The molecule has 6 nitrogen and oxygen atoms in total. The second kappa shape index (κ2) is 4.59. The molecule has 0 saturated carbocycles. The summed E-state index contributed by atoms with van der Waals surface area (Å²) in [4.78, 5) is 29.6. The third-order valence-electron chi connectivity index (χ3n) is 2.16. The van der Waals surface area contributed by atoms with Crippen molar-refractivity contribution in [2.45, 2.75) is 19.4 Å². The Morgan fingerprint density at radius 3 is 2.87 bits per heavy atom. The Bertz CT molecular complexity index is 402. The Morgan fingerprint density at radius 2 is 2.40 bits per heavy atom. The van der Waals surface area contributed by atoms with E-state index in [-0.39, 0.29) is 5.56 Å². The summed E-state index contributed by atoms with van der Waals surface area (Å²) in [6.07, 6.45) is 1.70. The van der Waals surface area contributed by atoms with Crippen LogP contribution in [0.15, 0.2) is 17.2 Å². The number of hydrogen-bond donors (Lipinski definition) is 2. The summed E-state index contributed by atoms with van der Waals surface area (Å²) in [5.41, 5.74) is -0.299. The van der Waals surface area contributed by atoms with Crippen LogP contribution in [0.3, 0.4) is 0 Å². The third kappa shape index (κ3) is 2.55. The van der Waals surface area contributed by atoms with Gasteiger partial charge in [0.25, 0.3) is 5.56 Å². The van der Waals surface area contributed by atoms with Gasteiger partial charge >= 0.3 is 5.97 Å². The average Bonchev–Trinajstić information content (AvgIpc) is 2.18. The number of carboxylic acid groups (broad SMARTS) is 1. The normalized spacial score (nSPS) is 12.1. The first kappa shape index (κ1) is 11.2. The van der Waals surface area contributed by atoms with Crippen molar-refractivity contribution >= 4 is 11.8 Å². The number of hydrogen-bond acceptors (Lipinski definition) is 4. The maximum absolute atomic E-state index is 11.0. The summed E-state index contributed by atoms with van der Waals surface area (Å²) < 4.78 is 0. The predicted molar refractivity (Wildman–Crippen MR) is 55.0 cm³/mol. The Kier molecular flexibility index (Phi) is 3.43. The molecule has 1 heterocycles.